The molecule has 6 nitrogen and oxygen atoms in total. The van der Waals surface area contributed by atoms with E-state index in [4.69, 9.17) is 4.74 Å². The molecule has 0 aliphatic rings. The second kappa shape index (κ2) is 9.49. The Morgan fingerprint density at radius 3 is 2.46 bits per heavy atom. The van der Waals surface area contributed by atoms with Gasteiger partial charge in [0.2, 0.25) is 15.9 Å². The minimum atomic E-state index is -3.37. The van der Waals surface area contributed by atoms with Gasteiger partial charge in [0.1, 0.15) is 5.75 Å². The highest BCUT2D eigenvalue weighted by molar-refractivity contribution is 8.00. The number of thioether (sulfide) groups is 1. The van der Waals surface area contributed by atoms with E-state index in [0.29, 0.717) is 17.9 Å². The van der Waals surface area contributed by atoms with Gasteiger partial charge in [0.05, 0.1) is 24.3 Å². The van der Waals surface area contributed by atoms with E-state index in [1.165, 1.54) is 11.8 Å². The fourth-order valence-corrected chi connectivity index (χ4v) is 3.49. The summed E-state index contributed by atoms with van der Waals surface area (Å²) in [6.07, 6.45) is 1.09. The lowest BCUT2D eigenvalue weighted by atomic mass is 10.2. The van der Waals surface area contributed by atoms with Crippen LogP contribution in [0.25, 0.3) is 0 Å². The summed E-state index contributed by atoms with van der Waals surface area (Å²) in [4.78, 5) is 13.0. The molecule has 26 heavy (non-hydrogen) atoms. The first-order chi connectivity index (χ1) is 12.4. The van der Waals surface area contributed by atoms with Crippen LogP contribution >= 0.6 is 11.8 Å². The highest BCUT2D eigenvalue weighted by Gasteiger charge is 2.09. The third kappa shape index (κ3) is 6.97. The number of para-hydroxylation sites is 1. The maximum Gasteiger partial charge on any atom is 0.230 e. The van der Waals surface area contributed by atoms with Crippen molar-refractivity contribution in [1.29, 1.82) is 0 Å². The van der Waals surface area contributed by atoms with Crippen molar-refractivity contribution in [2.24, 2.45) is 0 Å². The van der Waals surface area contributed by atoms with Crippen LogP contribution in [0.4, 0.5) is 5.69 Å². The van der Waals surface area contributed by atoms with Gasteiger partial charge in [-0.2, -0.15) is 0 Å². The van der Waals surface area contributed by atoms with E-state index in [1.54, 1.807) is 24.3 Å². The Labute approximate surface area is 158 Å². The summed E-state index contributed by atoms with van der Waals surface area (Å²) in [5.74, 6) is 0.949. The minimum absolute atomic E-state index is 0.127. The molecular weight excluding hydrogens is 372 g/mol. The van der Waals surface area contributed by atoms with Crippen LogP contribution in [0.5, 0.6) is 5.75 Å². The third-order valence-corrected chi connectivity index (χ3v) is 4.90. The van der Waals surface area contributed by atoms with E-state index in [-0.39, 0.29) is 18.2 Å². The van der Waals surface area contributed by atoms with Gasteiger partial charge >= 0.3 is 0 Å². The molecule has 8 heteroatoms. The van der Waals surface area contributed by atoms with Crippen molar-refractivity contribution in [3.63, 3.8) is 0 Å². The van der Waals surface area contributed by atoms with Crippen molar-refractivity contribution in [2.45, 2.75) is 18.4 Å². The van der Waals surface area contributed by atoms with E-state index < -0.39 is 10.0 Å². The summed E-state index contributed by atoms with van der Waals surface area (Å²) in [5, 5.41) is 2.81. The average Bonchev–Trinajstić information content (AvgIpc) is 2.59. The standard InChI is InChI=1S/C18H22N2O4S2/c1-3-24-15-8-10-16(11-9-15)25-13-18(21)19-12-14-6-4-5-7-17(14)20-26(2,22)23/h4-11,20H,3,12-13H2,1-2H3,(H,19,21). The molecule has 0 bridgehead atoms. The fourth-order valence-electron chi connectivity index (χ4n) is 2.17. The molecule has 0 saturated carbocycles. The summed E-state index contributed by atoms with van der Waals surface area (Å²) < 4.78 is 30.6. The van der Waals surface area contributed by atoms with Crippen molar-refractivity contribution < 1.29 is 17.9 Å². The monoisotopic (exact) mass is 394 g/mol. The van der Waals surface area contributed by atoms with Crippen LogP contribution < -0.4 is 14.8 Å². The number of sulfonamides is 1. The SMILES string of the molecule is CCOc1ccc(SCC(=O)NCc2ccccc2NS(C)(=O)=O)cc1. The van der Waals surface area contributed by atoms with Crippen molar-refractivity contribution in [3.8, 4) is 5.75 Å². The molecule has 2 aromatic rings. The number of benzene rings is 2. The van der Waals surface area contributed by atoms with Gasteiger partial charge in [-0.25, -0.2) is 8.42 Å². The number of carbonyl (C=O) groups is 1. The summed E-state index contributed by atoms with van der Waals surface area (Å²) in [7, 11) is -3.37. The molecule has 2 rings (SSSR count). The Bertz CT molecular complexity index is 837. The Balaban J connectivity index is 1.85. The molecule has 0 heterocycles. The molecule has 1 amide bonds. The van der Waals surface area contributed by atoms with Gasteiger partial charge in [0, 0.05) is 11.4 Å². The molecule has 0 radical (unpaired) electrons. The summed E-state index contributed by atoms with van der Waals surface area (Å²) >= 11 is 1.43. The maximum atomic E-state index is 12.1. The van der Waals surface area contributed by atoms with Crippen LogP contribution in [-0.2, 0) is 21.4 Å². The lowest BCUT2D eigenvalue weighted by Gasteiger charge is -2.11. The summed E-state index contributed by atoms with van der Waals surface area (Å²) in [5.41, 5.74) is 1.17. The highest BCUT2D eigenvalue weighted by atomic mass is 32.2. The van der Waals surface area contributed by atoms with Crippen LogP contribution in [-0.4, -0.2) is 32.9 Å². The second-order valence-electron chi connectivity index (χ2n) is 5.50. The van der Waals surface area contributed by atoms with E-state index in [1.807, 2.05) is 31.2 Å². The third-order valence-electron chi connectivity index (χ3n) is 3.29. The zero-order valence-electron chi connectivity index (χ0n) is 14.7. The molecule has 0 aliphatic heterocycles. The lowest BCUT2D eigenvalue weighted by Crippen LogP contribution is -2.25. The number of hydrogen-bond donors (Lipinski definition) is 2. The van der Waals surface area contributed by atoms with Gasteiger partial charge in [-0.1, -0.05) is 18.2 Å². The topological polar surface area (TPSA) is 84.5 Å². The number of ether oxygens (including phenoxy) is 1. The Morgan fingerprint density at radius 1 is 1.12 bits per heavy atom. The lowest BCUT2D eigenvalue weighted by molar-refractivity contribution is -0.118. The van der Waals surface area contributed by atoms with Crippen LogP contribution in [0, 0.1) is 0 Å². The molecular formula is C18H22N2O4S2. The molecule has 0 fully saturated rings. The highest BCUT2D eigenvalue weighted by Crippen LogP contribution is 2.21. The number of amides is 1. The first-order valence-corrected chi connectivity index (χ1v) is 10.9. The normalized spacial score (nSPS) is 11.0. The number of carbonyl (C=O) groups excluding carboxylic acids is 1. The molecule has 140 valence electrons. The first kappa shape index (κ1) is 20.1. The first-order valence-electron chi connectivity index (χ1n) is 8.05. The predicted molar refractivity (Wildman–Crippen MR) is 105 cm³/mol. The Kier molecular flexibility index (Phi) is 7.35. The fraction of sp³-hybridized carbons (Fsp3) is 0.278. The van der Waals surface area contributed by atoms with Gasteiger partial charge in [-0.3, -0.25) is 9.52 Å². The maximum absolute atomic E-state index is 12.1. The number of hydrogen-bond acceptors (Lipinski definition) is 5. The molecule has 0 atom stereocenters. The largest absolute Gasteiger partial charge is 0.494 e. The average molecular weight is 395 g/mol. The van der Waals surface area contributed by atoms with E-state index >= 15 is 0 Å². The molecule has 0 unspecified atom stereocenters. The Hall–Kier alpha value is -2.19. The van der Waals surface area contributed by atoms with E-state index in [9.17, 15) is 13.2 Å². The predicted octanol–water partition coefficient (Wildman–Crippen LogP) is 2.87. The van der Waals surface area contributed by atoms with Gasteiger partial charge in [0.15, 0.2) is 0 Å². The van der Waals surface area contributed by atoms with Crippen LogP contribution in [0.15, 0.2) is 53.4 Å². The van der Waals surface area contributed by atoms with Crippen LogP contribution in [0.2, 0.25) is 0 Å². The van der Waals surface area contributed by atoms with Crippen molar-refractivity contribution in [1.82, 2.24) is 5.32 Å². The van der Waals surface area contributed by atoms with Crippen LogP contribution in [0.1, 0.15) is 12.5 Å². The molecule has 0 saturated heterocycles. The van der Waals surface area contributed by atoms with Gasteiger partial charge in [0.25, 0.3) is 0 Å². The minimum Gasteiger partial charge on any atom is -0.494 e. The summed E-state index contributed by atoms with van der Waals surface area (Å²) in [6.45, 7) is 2.79. The zero-order valence-corrected chi connectivity index (χ0v) is 16.3. The number of nitrogens with one attached hydrogen (secondary N) is 2. The number of rotatable bonds is 9. The molecule has 2 N–H and O–H groups in total. The van der Waals surface area contributed by atoms with Gasteiger partial charge in [-0.15, -0.1) is 11.8 Å². The van der Waals surface area contributed by atoms with E-state index in [0.717, 1.165) is 16.9 Å². The summed E-state index contributed by atoms with van der Waals surface area (Å²) in [6, 6.07) is 14.5. The molecule has 2 aromatic carbocycles. The molecule has 0 aliphatic carbocycles. The van der Waals surface area contributed by atoms with Gasteiger partial charge in [-0.05, 0) is 42.8 Å². The smallest absolute Gasteiger partial charge is 0.230 e. The molecule has 0 spiro atoms. The van der Waals surface area contributed by atoms with Crippen molar-refractivity contribution in [2.75, 3.05) is 23.3 Å². The van der Waals surface area contributed by atoms with Crippen molar-refractivity contribution in [3.05, 3.63) is 54.1 Å². The zero-order chi connectivity index (χ0) is 19.0. The van der Waals surface area contributed by atoms with Crippen LogP contribution in [0.3, 0.4) is 0 Å². The Morgan fingerprint density at radius 2 is 1.81 bits per heavy atom. The van der Waals surface area contributed by atoms with Gasteiger partial charge < -0.3 is 10.1 Å². The van der Waals surface area contributed by atoms with E-state index in [2.05, 4.69) is 10.0 Å². The second-order valence-corrected chi connectivity index (χ2v) is 8.30. The quantitative estimate of drug-likeness (QED) is 0.639. The van der Waals surface area contributed by atoms with Crippen molar-refractivity contribution >= 4 is 33.4 Å². The molecule has 0 aromatic heterocycles. The number of anilines is 1.